The van der Waals surface area contributed by atoms with Crippen molar-refractivity contribution in [3.05, 3.63) is 35.4 Å². The van der Waals surface area contributed by atoms with E-state index < -0.39 is 16.0 Å². The zero-order valence-electron chi connectivity index (χ0n) is 11.9. The van der Waals surface area contributed by atoms with Gasteiger partial charge in [0.2, 0.25) is 10.0 Å². The van der Waals surface area contributed by atoms with E-state index in [0.29, 0.717) is 17.0 Å². The van der Waals surface area contributed by atoms with Gasteiger partial charge in [-0.2, -0.15) is 0 Å². The van der Waals surface area contributed by atoms with Crippen molar-refractivity contribution in [2.45, 2.75) is 24.6 Å². The fourth-order valence-electron chi connectivity index (χ4n) is 2.09. The molecule has 1 unspecified atom stereocenters. The second-order valence-electron chi connectivity index (χ2n) is 5.30. The number of carbonyl (C=O) groups is 1. The van der Waals surface area contributed by atoms with Gasteiger partial charge in [-0.25, -0.2) is 17.9 Å². The maximum atomic E-state index is 12.0. The van der Waals surface area contributed by atoms with E-state index in [1.54, 1.807) is 18.2 Å². The van der Waals surface area contributed by atoms with Crippen molar-refractivity contribution in [3.8, 4) is 0 Å². The molecular formula is C14H20N2O4S. The number of benzene rings is 1. The molecule has 0 bridgehead atoms. The topological polar surface area (TPSA) is 98.5 Å². The van der Waals surface area contributed by atoms with E-state index in [0.717, 1.165) is 12.8 Å². The summed E-state index contributed by atoms with van der Waals surface area (Å²) < 4.78 is 31.2. The molecule has 1 aliphatic carbocycles. The van der Waals surface area contributed by atoms with Gasteiger partial charge in [-0.15, -0.1) is 0 Å². The molecule has 0 amide bonds. The van der Waals surface area contributed by atoms with Gasteiger partial charge in [0.05, 0.1) is 18.4 Å². The number of nitrogens with one attached hydrogen (secondary N) is 1. The maximum absolute atomic E-state index is 12.0. The van der Waals surface area contributed by atoms with Gasteiger partial charge in [-0.05, 0) is 36.5 Å². The Labute approximate surface area is 124 Å². The lowest BCUT2D eigenvalue weighted by Gasteiger charge is -2.12. The van der Waals surface area contributed by atoms with Crippen LogP contribution in [-0.4, -0.2) is 34.1 Å². The van der Waals surface area contributed by atoms with Crippen LogP contribution < -0.4 is 10.5 Å². The van der Waals surface area contributed by atoms with Crippen LogP contribution in [0.3, 0.4) is 0 Å². The molecule has 0 aromatic heterocycles. The molecular weight excluding hydrogens is 292 g/mol. The summed E-state index contributed by atoms with van der Waals surface area (Å²) in [5.41, 5.74) is 6.74. The van der Waals surface area contributed by atoms with E-state index in [1.165, 1.54) is 13.2 Å². The summed E-state index contributed by atoms with van der Waals surface area (Å²) in [6, 6.07) is 6.27. The summed E-state index contributed by atoms with van der Waals surface area (Å²) in [6.45, 7) is 0.254. The van der Waals surface area contributed by atoms with E-state index in [9.17, 15) is 13.2 Å². The van der Waals surface area contributed by atoms with Crippen LogP contribution in [0.2, 0.25) is 0 Å². The zero-order chi connectivity index (χ0) is 15.5. The molecule has 0 heterocycles. The maximum Gasteiger partial charge on any atom is 0.337 e. The lowest BCUT2D eigenvalue weighted by molar-refractivity contribution is 0.0600. The molecule has 1 aromatic rings. The Kier molecular flexibility index (Phi) is 4.97. The molecule has 6 nitrogen and oxygen atoms in total. The Morgan fingerprint density at radius 1 is 1.48 bits per heavy atom. The lowest BCUT2D eigenvalue weighted by atomic mass is 10.1. The van der Waals surface area contributed by atoms with Crippen molar-refractivity contribution in [2.24, 2.45) is 11.7 Å². The molecule has 1 atom stereocenters. The molecule has 0 spiro atoms. The number of hydrogen-bond donors (Lipinski definition) is 2. The van der Waals surface area contributed by atoms with Crippen LogP contribution in [0.25, 0.3) is 0 Å². The number of carbonyl (C=O) groups excluding carboxylic acids is 1. The largest absolute Gasteiger partial charge is 0.465 e. The van der Waals surface area contributed by atoms with Crippen LogP contribution in [0.15, 0.2) is 24.3 Å². The average molecular weight is 312 g/mol. The number of esters is 1. The molecule has 1 fully saturated rings. The summed E-state index contributed by atoms with van der Waals surface area (Å²) in [7, 11) is -2.18. The summed E-state index contributed by atoms with van der Waals surface area (Å²) >= 11 is 0. The van der Waals surface area contributed by atoms with Crippen LogP contribution in [0.4, 0.5) is 0 Å². The van der Waals surface area contributed by atoms with Gasteiger partial charge in [0.1, 0.15) is 0 Å². The van der Waals surface area contributed by atoms with Gasteiger partial charge in [0.25, 0.3) is 0 Å². The number of hydrogen-bond acceptors (Lipinski definition) is 5. The predicted molar refractivity (Wildman–Crippen MR) is 79.1 cm³/mol. The first kappa shape index (κ1) is 15.9. The Morgan fingerprint density at radius 3 is 2.81 bits per heavy atom. The van der Waals surface area contributed by atoms with Crippen LogP contribution in [0.1, 0.15) is 28.8 Å². The highest BCUT2D eigenvalue weighted by Crippen LogP contribution is 2.31. The van der Waals surface area contributed by atoms with E-state index in [1.807, 2.05) is 0 Å². The van der Waals surface area contributed by atoms with E-state index in [4.69, 9.17) is 5.73 Å². The van der Waals surface area contributed by atoms with Crippen molar-refractivity contribution < 1.29 is 17.9 Å². The van der Waals surface area contributed by atoms with E-state index >= 15 is 0 Å². The lowest BCUT2D eigenvalue weighted by Crippen LogP contribution is -2.39. The van der Waals surface area contributed by atoms with E-state index in [-0.39, 0.29) is 18.3 Å². The normalized spacial score (nSPS) is 16.5. The van der Waals surface area contributed by atoms with Crippen LogP contribution in [-0.2, 0) is 20.5 Å². The van der Waals surface area contributed by atoms with Gasteiger partial charge in [0.15, 0.2) is 0 Å². The van der Waals surface area contributed by atoms with Gasteiger partial charge in [-0.3, -0.25) is 0 Å². The van der Waals surface area contributed by atoms with Crippen molar-refractivity contribution in [1.29, 1.82) is 0 Å². The van der Waals surface area contributed by atoms with Gasteiger partial charge in [-0.1, -0.05) is 12.1 Å². The molecule has 21 heavy (non-hydrogen) atoms. The number of methoxy groups -OCH3 is 1. The number of rotatable bonds is 7. The quantitative estimate of drug-likeness (QED) is 0.720. The predicted octanol–water partition coefficient (Wildman–Crippen LogP) is 0.630. The van der Waals surface area contributed by atoms with Crippen molar-refractivity contribution in [3.63, 3.8) is 0 Å². The Balaban J connectivity index is 1.97. The fourth-order valence-corrected chi connectivity index (χ4v) is 3.26. The second-order valence-corrected chi connectivity index (χ2v) is 7.11. The van der Waals surface area contributed by atoms with Crippen LogP contribution >= 0.6 is 0 Å². The number of sulfonamides is 1. The monoisotopic (exact) mass is 312 g/mol. The molecule has 116 valence electrons. The smallest absolute Gasteiger partial charge is 0.337 e. The third kappa shape index (κ3) is 4.80. The van der Waals surface area contributed by atoms with Crippen molar-refractivity contribution >= 4 is 16.0 Å². The first-order chi connectivity index (χ1) is 9.91. The molecule has 1 aromatic carbocycles. The summed E-state index contributed by atoms with van der Waals surface area (Å²) in [4.78, 5) is 11.4. The standard InChI is InChI=1S/C14H20N2O4S/c1-20-14(17)12-4-2-3-10(7-12)9-21(18,19)16-8-13(15)11-5-6-11/h2-4,7,11,13,16H,5-6,8-9,15H2,1H3. The third-order valence-electron chi connectivity index (χ3n) is 3.47. The van der Waals surface area contributed by atoms with Crippen LogP contribution in [0, 0.1) is 5.92 Å². The highest BCUT2D eigenvalue weighted by atomic mass is 32.2. The fraction of sp³-hybridized carbons (Fsp3) is 0.500. The molecule has 1 aliphatic rings. The zero-order valence-corrected chi connectivity index (χ0v) is 12.7. The summed E-state index contributed by atoms with van der Waals surface area (Å²) in [5, 5.41) is 0. The highest BCUT2D eigenvalue weighted by Gasteiger charge is 2.29. The molecule has 0 saturated heterocycles. The van der Waals surface area contributed by atoms with E-state index in [2.05, 4.69) is 9.46 Å². The SMILES string of the molecule is COC(=O)c1cccc(CS(=O)(=O)NCC(N)C2CC2)c1. The molecule has 0 aliphatic heterocycles. The van der Waals surface area contributed by atoms with Crippen LogP contribution in [0.5, 0.6) is 0 Å². The minimum atomic E-state index is -3.47. The Hall–Kier alpha value is -1.44. The number of ether oxygens (including phenoxy) is 1. The first-order valence-electron chi connectivity index (χ1n) is 6.81. The molecule has 7 heteroatoms. The van der Waals surface area contributed by atoms with Crippen molar-refractivity contribution in [1.82, 2.24) is 4.72 Å². The average Bonchev–Trinajstić information content (AvgIpc) is 3.28. The summed E-state index contributed by atoms with van der Waals surface area (Å²) in [6.07, 6.45) is 2.15. The molecule has 0 radical (unpaired) electrons. The minimum Gasteiger partial charge on any atom is -0.465 e. The third-order valence-corrected chi connectivity index (χ3v) is 4.79. The molecule has 2 rings (SSSR count). The summed E-state index contributed by atoms with van der Waals surface area (Å²) in [5.74, 6) is -0.233. The minimum absolute atomic E-state index is 0.124. The molecule has 3 N–H and O–H groups in total. The molecule has 1 saturated carbocycles. The van der Waals surface area contributed by atoms with Crippen molar-refractivity contribution in [2.75, 3.05) is 13.7 Å². The van der Waals surface area contributed by atoms with Gasteiger partial charge < -0.3 is 10.5 Å². The Bertz CT molecular complexity index is 611. The number of nitrogens with two attached hydrogens (primary N) is 1. The highest BCUT2D eigenvalue weighted by molar-refractivity contribution is 7.88. The van der Waals surface area contributed by atoms with Gasteiger partial charge >= 0.3 is 5.97 Å². The first-order valence-corrected chi connectivity index (χ1v) is 8.46. The van der Waals surface area contributed by atoms with Gasteiger partial charge in [0, 0.05) is 12.6 Å². The Morgan fingerprint density at radius 2 is 2.19 bits per heavy atom. The second kappa shape index (κ2) is 6.55.